The number of carbonyl (C=O) groups excluding carboxylic acids is 1. The van der Waals surface area contributed by atoms with E-state index >= 15 is 0 Å². The van der Waals surface area contributed by atoms with Gasteiger partial charge in [-0.2, -0.15) is 5.10 Å². The third-order valence-electron chi connectivity index (χ3n) is 5.28. The van der Waals surface area contributed by atoms with Crippen molar-refractivity contribution in [3.05, 3.63) is 76.7 Å². The van der Waals surface area contributed by atoms with Gasteiger partial charge in [-0.05, 0) is 31.4 Å². The second kappa shape index (κ2) is 7.91. The highest BCUT2D eigenvalue weighted by Gasteiger charge is 2.17. The molecule has 6 nitrogen and oxygen atoms in total. The largest absolute Gasteiger partial charge is 0.352 e. The number of aryl methyl sites for hydroxylation is 2. The molecule has 0 spiro atoms. The number of fused-ring (bicyclic) bond motifs is 3. The van der Waals surface area contributed by atoms with E-state index in [1.807, 2.05) is 49.4 Å². The standard InChI is InChI=1S/C23H24N4O2/c1-16(12-13-17-8-4-3-5-9-17)25-21(28)15-27-20-11-7-6-10-18(20)19-14-24-26(2)23(29)22(19)27/h3-11,14,16H,12-13,15H2,1-2H3,(H,25,28)/t16-/m0/s1. The molecule has 148 valence electrons. The Labute approximate surface area is 168 Å². The zero-order valence-corrected chi connectivity index (χ0v) is 16.6. The van der Waals surface area contributed by atoms with Gasteiger partial charge in [0.05, 0.1) is 6.20 Å². The van der Waals surface area contributed by atoms with Crippen LogP contribution in [0.2, 0.25) is 0 Å². The Morgan fingerprint density at radius 3 is 2.59 bits per heavy atom. The number of amides is 1. The van der Waals surface area contributed by atoms with E-state index in [0.717, 1.165) is 29.1 Å². The lowest BCUT2D eigenvalue weighted by Crippen LogP contribution is -2.36. The molecular weight excluding hydrogens is 364 g/mol. The fourth-order valence-electron chi connectivity index (χ4n) is 3.77. The summed E-state index contributed by atoms with van der Waals surface area (Å²) in [5.74, 6) is -0.105. The van der Waals surface area contributed by atoms with Crippen LogP contribution in [0.25, 0.3) is 21.8 Å². The lowest BCUT2D eigenvalue weighted by molar-refractivity contribution is -0.122. The molecule has 0 unspecified atom stereocenters. The molecule has 0 saturated carbocycles. The van der Waals surface area contributed by atoms with Crippen LogP contribution < -0.4 is 10.9 Å². The topological polar surface area (TPSA) is 68.9 Å². The first-order chi connectivity index (χ1) is 14.0. The van der Waals surface area contributed by atoms with Crippen LogP contribution >= 0.6 is 0 Å². The molecule has 4 aromatic rings. The molecule has 1 N–H and O–H groups in total. The van der Waals surface area contributed by atoms with Crippen LogP contribution in [0, 0.1) is 0 Å². The van der Waals surface area contributed by atoms with E-state index in [9.17, 15) is 9.59 Å². The molecule has 6 heteroatoms. The Kier molecular flexibility index (Phi) is 5.16. The average Bonchev–Trinajstić information content (AvgIpc) is 3.04. The number of nitrogens with one attached hydrogen (secondary N) is 1. The highest BCUT2D eigenvalue weighted by molar-refractivity contribution is 6.07. The van der Waals surface area contributed by atoms with Crippen molar-refractivity contribution in [3.8, 4) is 0 Å². The molecule has 0 aliphatic rings. The number of aromatic nitrogens is 3. The van der Waals surface area contributed by atoms with Crippen LogP contribution in [0.1, 0.15) is 18.9 Å². The van der Waals surface area contributed by atoms with Crippen molar-refractivity contribution in [2.75, 3.05) is 0 Å². The van der Waals surface area contributed by atoms with Gasteiger partial charge in [-0.1, -0.05) is 48.5 Å². The molecule has 2 heterocycles. The number of hydrogen-bond acceptors (Lipinski definition) is 3. The summed E-state index contributed by atoms with van der Waals surface area (Å²) < 4.78 is 3.10. The molecule has 0 bridgehead atoms. The van der Waals surface area contributed by atoms with E-state index in [0.29, 0.717) is 5.52 Å². The predicted octanol–water partition coefficient (Wildman–Crippen LogP) is 3.03. The van der Waals surface area contributed by atoms with Crippen molar-refractivity contribution in [2.45, 2.75) is 32.4 Å². The van der Waals surface area contributed by atoms with Crippen LogP contribution in [-0.4, -0.2) is 26.3 Å². The minimum Gasteiger partial charge on any atom is -0.352 e. The van der Waals surface area contributed by atoms with Crippen molar-refractivity contribution in [1.29, 1.82) is 0 Å². The fraction of sp³-hybridized carbons (Fsp3) is 0.261. The molecule has 0 saturated heterocycles. The van der Waals surface area contributed by atoms with Crippen LogP contribution in [0.4, 0.5) is 0 Å². The van der Waals surface area contributed by atoms with Gasteiger partial charge >= 0.3 is 0 Å². The highest BCUT2D eigenvalue weighted by Crippen LogP contribution is 2.26. The van der Waals surface area contributed by atoms with Gasteiger partial charge in [0.25, 0.3) is 5.56 Å². The molecule has 0 radical (unpaired) electrons. The zero-order chi connectivity index (χ0) is 20.4. The maximum atomic E-state index is 12.8. The average molecular weight is 388 g/mol. The molecular formula is C23H24N4O2. The minimum absolute atomic E-state index is 0.0419. The van der Waals surface area contributed by atoms with Gasteiger partial charge in [-0.3, -0.25) is 9.59 Å². The third kappa shape index (κ3) is 3.78. The summed E-state index contributed by atoms with van der Waals surface area (Å²) in [6.07, 6.45) is 3.45. The number of hydrogen-bond donors (Lipinski definition) is 1. The molecule has 0 fully saturated rings. The van der Waals surface area contributed by atoms with Gasteiger partial charge in [0.2, 0.25) is 5.91 Å². The van der Waals surface area contributed by atoms with Crippen molar-refractivity contribution in [1.82, 2.24) is 19.7 Å². The van der Waals surface area contributed by atoms with Gasteiger partial charge in [-0.25, -0.2) is 4.68 Å². The van der Waals surface area contributed by atoms with E-state index in [1.165, 1.54) is 10.2 Å². The lowest BCUT2D eigenvalue weighted by Gasteiger charge is -2.15. The molecule has 2 aromatic heterocycles. The summed E-state index contributed by atoms with van der Waals surface area (Å²) >= 11 is 0. The summed E-state index contributed by atoms with van der Waals surface area (Å²) in [5.41, 5.74) is 2.42. The molecule has 1 amide bonds. The Bertz CT molecular complexity index is 1220. The van der Waals surface area contributed by atoms with E-state index in [4.69, 9.17) is 0 Å². The smallest absolute Gasteiger partial charge is 0.291 e. The summed E-state index contributed by atoms with van der Waals surface area (Å²) in [4.78, 5) is 25.5. The predicted molar refractivity (Wildman–Crippen MR) is 115 cm³/mol. The zero-order valence-electron chi connectivity index (χ0n) is 16.6. The maximum Gasteiger partial charge on any atom is 0.291 e. The Morgan fingerprint density at radius 2 is 1.79 bits per heavy atom. The Morgan fingerprint density at radius 1 is 1.07 bits per heavy atom. The van der Waals surface area contributed by atoms with Crippen LogP contribution in [0.15, 0.2) is 65.6 Å². The number of para-hydroxylation sites is 1. The van der Waals surface area contributed by atoms with Crippen molar-refractivity contribution in [2.24, 2.45) is 7.05 Å². The second-order valence-electron chi connectivity index (χ2n) is 7.43. The van der Waals surface area contributed by atoms with E-state index in [-0.39, 0.29) is 24.1 Å². The molecule has 2 aromatic carbocycles. The monoisotopic (exact) mass is 388 g/mol. The van der Waals surface area contributed by atoms with Gasteiger partial charge in [0.1, 0.15) is 12.1 Å². The third-order valence-corrected chi connectivity index (χ3v) is 5.28. The first-order valence-corrected chi connectivity index (χ1v) is 9.81. The fourth-order valence-corrected chi connectivity index (χ4v) is 3.77. The quantitative estimate of drug-likeness (QED) is 0.552. The number of nitrogens with zero attached hydrogens (tertiary/aromatic N) is 3. The van der Waals surface area contributed by atoms with E-state index in [2.05, 4.69) is 22.5 Å². The van der Waals surface area contributed by atoms with Crippen LogP contribution in [0.3, 0.4) is 0 Å². The SMILES string of the molecule is C[C@@H](CCc1ccccc1)NC(=O)Cn1c2ccccc2c2cnn(C)c(=O)c21. The number of rotatable bonds is 6. The van der Waals surface area contributed by atoms with Crippen molar-refractivity contribution in [3.63, 3.8) is 0 Å². The molecule has 0 aliphatic heterocycles. The van der Waals surface area contributed by atoms with Gasteiger partial charge in [0, 0.05) is 29.4 Å². The van der Waals surface area contributed by atoms with Crippen molar-refractivity contribution >= 4 is 27.7 Å². The number of carbonyl (C=O) groups is 1. The summed E-state index contributed by atoms with van der Waals surface area (Å²) in [6, 6.07) is 18.0. The maximum absolute atomic E-state index is 12.8. The van der Waals surface area contributed by atoms with Crippen LogP contribution in [-0.2, 0) is 24.8 Å². The molecule has 1 atom stereocenters. The summed E-state index contributed by atoms with van der Waals surface area (Å²) in [5, 5.41) is 8.91. The first-order valence-electron chi connectivity index (χ1n) is 9.81. The molecule has 0 aliphatic carbocycles. The Hall–Kier alpha value is -3.41. The van der Waals surface area contributed by atoms with Crippen LogP contribution in [0.5, 0.6) is 0 Å². The second-order valence-corrected chi connectivity index (χ2v) is 7.43. The van der Waals surface area contributed by atoms with Crippen molar-refractivity contribution < 1.29 is 4.79 Å². The van der Waals surface area contributed by atoms with E-state index in [1.54, 1.807) is 17.8 Å². The molecule has 29 heavy (non-hydrogen) atoms. The number of benzene rings is 2. The van der Waals surface area contributed by atoms with E-state index < -0.39 is 0 Å². The minimum atomic E-state index is -0.205. The Balaban J connectivity index is 1.56. The molecule has 4 rings (SSSR count). The van der Waals surface area contributed by atoms with Gasteiger partial charge in [-0.15, -0.1) is 0 Å². The summed E-state index contributed by atoms with van der Waals surface area (Å²) in [6.45, 7) is 2.11. The summed E-state index contributed by atoms with van der Waals surface area (Å²) in [7, 11) is 1.62. The highest BCUT2D eigenvalue weighted by atomic mass is 16.2. The lowest BCUT2D eigenvalue weighted by atomic mass is 10.1. The first kappa shape index (κ1) is 18.9. The normalized spacial score (nSPS) is 12.3. The van der Waals surface area contributed by atoms with Gasteiger partial charge < -0.3 is 9.88 Å². The van der Waals surface area contributed by atoms with Gasteiger partial charge in [0.15, 0.2) is 0 Å².